The monoisotopic (exact) mass is 425 g/mol. The lowest BCUT2D eigenvalue weighted by Gasteiger charge is -2.18. The van der Waals surface area contributed by atoms with Crippen molar-refractivity contribution in [2.75, 3.05) is 18.4 Å². The molecule has 0 saturated carbocycles. The molecule has 2 heterocycles. The molecule has 0 unspecified atom stereocenters. The second kappa shape index (κ2) is 10.0. The van der Waals surface area contributed by atoms with Crippen molar-refractivity contribution in [3.63, 3.8) is 0 Å². The molecular formula is C17H20ClN5O4S. The van der Waals surface area contributed by atoms with Crippen LogP contribution < -0.4 is 22.1 Å². The number of thiazole rings is 1. The van der Waals surface area contributed by atoms with Crippen molar-refractivity contribution in [2.45, 2.75) is 12.8 Å². The number of benzene rings is 1. The van der Waals surface area contributed by atoms with E-state index in [2.05, 4.69) is 15.6 Å². The number of nitrogens with zero attached hydrogens (tertiary/aromatic N) is 1. The summed E-state index contributed by atoms with van der Waals surface area (Å²) < 4.78 is 0. The third-order valence-corrected chi connectivity index (χ3v) is 5.13. The fourth-order valence-corrected chi connectivity index (χ4v) is 3.56. The molecule has 1 aromatic carbocycles. The van der Waals surface area contributed by atoms with Gasteiger partial charge in [-0.2, -0.15) is 0 Å². The van der Waals surface area contributed by atoms with E-state index in [-0.39, 0.29) is 22.5 Å². The Morgan fingerprint density at radius 2 is 1.93 bits per heavy atom. The average molecular weight is 426 g/mol. The first-order chi connectivity index (χ1) is 13.3. The summed E-state index contributed by atoms with van der Waals surface area (Å²) >= 11 is 6.80. The third-order valence-electron chi connectivity index (χ3n) is 3.86. The summed E-state index contributed by atoms with van der Waals surface area (Å²) in [6.07, 6.45) is 2.04. The van der Waals surface area contributed by atoms with Crippen molar-refractivity contribution in [3.8, 4) is 10.6 Å². The number of halogens is 1. The number of carboxylic acids is 1. The Bertz CT molecular complexity index is 850. The van der Waals surface area contributed by atoms with Gasteiger partial charge in [0.15, 0.2) is 5.69 Å². The molecule has 0 spiro atoms. The van der Waals surface area contributed by atoms with Gasteiger partial charge in [-0.1, -0.05) is 35.1 Å². The van der Waals surface area contributed by atoms with Gasteiger partial charge >= 0.3 is 12.0 Å². The fourth-order valence-electron chi connectivity index (χ4n) is 2.47. The minimum Gasteiger partial charge on any atom is -0.476 e. The van der Waals surface area contributed by atoms with Crippen LogP contribution in [0.4, 0.5) is 9.80 Å². The summed E-state index contributed by atoms with van der Waals surface area (Å²) in [6, 6.07) is 5.91. The highest BCUT2D eigenvalue weighted by Gasteiger charge is 2.19. The Kier molecular flexibility index (Phi) is 7.73. The van der Waals surface area contributed by atoms with Gasteiger partial charge in [0, 0.05) is 17.1 Å². The summed E-state index contributed by atoms with van der Waals surface area (Å²) in [5.74, 6) is -1.32. The van der Waals surface area contributed by atoms with Crippen LogP contribution in [0.25, 0.3) is 10.6 Å². The number of carbonyl (C=O) groups is 3. The molecule has 0 bridgehead atoms. The Hall–Kier alpha value is -2.69. The molecule has 1 atom stereocenters. The molecule has 7 N–H and O–H groups in total. The van der Waals surface area contributed by atoms with Crippen molar-refractivity contribution in [1.29, 1.82) is 0 Å². The largest absolute Gasteiger partial charge is 0.476 e. The molecule has 3 amide bonds. The minimum absolute atomic E-state index is 0.0822. The number of nitrogens with two attached hydrogens (primary N) is 2. The molecule has 28 heavy (non-hydrogen) atoms. The van der Waals surface area contributed by atoms with Crippen LogP contribution in [0, 0.1) is 5.92 Å². The van der Waals surface area contributed by atoms with Crippen molar-refractivity contribution >= 4 is 45.8 Å². The summed E-state index contributed by atoms with van der Waals surface area (Å²) in [4.78, 5) is 36.4. The Morgan fingerprint density at radius 1 is 1.25 bits per heavy atom. The van der Waals surface area contributed by atoms with Gasteiger partial charge in [-0.3, -0.25) is 10.1 Å². The molecule has 2 aromatic rings. The van der Waals surface area contributed by atoms with Crippen molar-refractivity contribution in [2.24, 2.45) is 17.4 Å². The Labute approximate surface area is 170 Å². The number of aromatic carboxylic acids is 1. The van der Waals surface area contributed by atoms with Crippen molar-refractivity contribution in [1.82, 2.24) is 10.3 Å². The number of rotatable bonds is 4. The zero-order valence-corrected chi connectivity index (χ0v) is 16.3. The van der Waals surface area contributed by atoms with Gasteiger partial charge in [0.25, 0.3) is 0 Å². The van der Waals surface area contributed by atoms with Crippen LogP contribution in [0.2, 0.25) is 5.02 Å². The summed E-state index contributed by atoms with van der Waals surface area (Å²) in [6.45, 7) is 1.80. The van der Waals surface area contributed by atoms with Crippen LogP contribution in [-0.4, -0.2) is 41.1 Å². The number of urea groups is 1. The lowest BCUT2D eigenvalue weighted by molar-refractivity contribution is -0.122. The molecule has 3 rings (SSSR count). The normalized spacial score (nSPS) is 15.8. The second-order valence-electron chi connectivity index (χ2n) is 5.94. The van der Waals surface area contributed by atoms with E-state index in [1.807, 2.05) is 0 Å². The van der Waals surface area contributed by atoms with Crippen LogP contribution in [0.3, 0.4) is 0 Å². The van der Waals surface area contributed by atoms with Gasteiger partial charge in [-0.25, -0.2) is 14.6 Å². The van der Waals surface area contributed by atoms with E-state index in [9.17, 15) is 14.4 Å². The highest BCUT2D eigenvalue weighted by molar-refractivity contribution is 7.19. The molecule has 1 aromatic heterocycles. The summed E-state index contributed by atoms with van der Waals surface area (Å²) in [5, 5.41) is 15.5. The Balaban J connectivity index is 0.000000261. The van der Waals surface area contributed by atoms with E-state index in [0.717, 1.165) is 37.3 Å². The van der Waals surface area contributed by atoms with E-state index in [4.69, 9.17) is 28.2 Å². The van der Waals surface area contributed by atoms with E-state index < -0.39 is 12.0 Å². The standard InChI is InChI=1S/C11H8ClN3O3S.C6H12N2O/c12-6-3-1-5(2-4-6)8-14-7(10(16)17)9(19-8)15-11(13)18;7-6(9)5-2-1-3-8-4-5/h1-4H,(H,16,17)(H3,13,15,18);5,8H,1-4H2,(H2,7,9)/t;5-/m.0/s1. The number of hydrogen-bond donors (Lipinski definition) is 5. The van der Waals surface area contributed by atoms with Gasteiger partial charge in [0.2, 0.25) is 5.91 Å². The van der Waals surface area contributed by atoms with Crippen molar-refractivity contribution < 1.29 is 19.5 Å². The van der Waals surface area contributed by atoms with Crippen LogP contribution >= 0.6 is 22.9 Å². The molecule has 0 radical (unpaired) electrons. The summed E-state index contributed by atoms with van der Waals surface area (Å²) in [7, 11) is 0. The van der Waals surface area contributed by atoms with Gasteiger partial charge < -0.3 is 21.9 Å². The topological polar surface area (TPSA) is 160 Å². The maximum Gasteiger partial charge on any atom is 0.357 e. The van der Waals surface area contributed by atoms with Crippen LogP contribution in [-0.2, 0) is 4.79 Å². The zero-order valence-electron chi connectivity index (χ0n) is 14.8. The number of piperidine rings is 1. The third kappa shape index (κ3) is 6.19. The molecule has 11 heteroatoms. The minimum atomic E-state index is -1.24. The predicted molar refractivity (Wildman–Crippen MR) is 108 cm³/mol. The van der Waals surface area contributed by atoms with E-state index >= 15 is 0 Å². The molecule has 1 aliphatic rings. The maximum atomic E-state index is 11.0. The van der Waals surface area contributed by atoms with E-state index in [0.29, 0.717) is 15.6 Å². The molecular weight excluding hydrogens is 406 g/mol. The first-order valence-electron chi connectivity index (χ1n) is 8.34. The van der Waals surface area contributed by atoms with Crippen molar-refractivity contribution in [3.05, 3.63) is 35.0 Å². The number of aromatic nitrogens is 1. The first kappa shape index (κ1) is 21.6. The van der Waals surface area contributed by atoms with Crippen LogP contribution in [0.15, 0.2) is 24.3 Å². The fraction of sp³-hybridized carbons (Fsp3) is 0.294. The quantitative estimate of drug-likeness (QED) is 0.504. The van der Waals surface area contributed by atoms with Gasteiger partial charge in [0.1, 0.15) is 10.0 Å². The highest BCUT2D eigenvalue weighted by Crippen LogP contribution is 2.32. The molecule has 1 aliphatic heterocycles. The van der Waals surface area contributed by atoms with Gasteiger partial charge in [0.05, 0.1) is 5.92 Å². The second-order valence-corrected chi connectivity index (χ2v) is 7.38. The van der Waals surface area contributed by atoms with E-state index in [1.54, 1.807) is 24.3 Å². The number of carbonyl (C=O) groups excluding carboxylic acids is 2. The summed E-state index contributed by atoms with van der Waals surface area (Å²) in [5.41, 5.74) is 10.5. The maximum absolute atomic E-state index is 11.0. The van der Waals surface area contributed by atoms with Crippen LogP contribution in [0.1, 0.15) is 23.3 Å². The highest BCUT2D eigenvalue weighted by atomic mass is 35.5. The number of hydrogen-bond acceptors (Lipinski definition) is 6. The van der Waals surface area contributed by atoms with Gasteiger partial charge in [-0.15, -0.1) is 0 Å². The lowest BCUT2D eigenvalue weighted by Crippen LogP contribution is -2.37. The number of primary amides is 2. The molecule has 0 aliphatic carbocycles. The SMILES string of the molecule is NC(=O)Nc1sc(-c2ccc(Cl)cc2)nc1C(=O)O.NC(=O)[C@H]1CCCNC1. The first-order valence-corrected chi connectivity index (χ1v) is 9.54. The molecule has 1 saturated heterocycles. The predicted octanol–water partition coefficient (Wildman–Crippen LogP) is 2.12. The van der Waals surface area contributed by atoms with Gasteiger partial charge in [-0.05, 0) is 31.5 Å². The smallest absolute Gasteiger partial charge is 0.357 e. The number of carboxylic acid groups (broad SMARTS) is 1. The number of nitrogens with one attached hydrogen (secondary N) is 2. The molecule has 9 nitrogen and oxygen atoms in total. The molecule has 150 valence electrons. The average Bonchev–Trinajstić information content (AvgIpc) is 3.07. The molecule has 1 fully saturated rings. The lowest BCUT2D eigenvalue weighted by atomic mass is 9.99. The van der Waals surface area contributed by atoms with Crippen LogP contribution in [0.5, 0.6) is 0 Å². The number of amides is 3. The zero-order chi connectivity index (χ0) is 20.7. The van der Waals surface area contributed by atoms with E-state index in [1.165, 1.54) is 0 Å². The number of anilines is 1. The Morgan fingerprint density at radius 3 is 2.39 bits per heavy atom.